The molecule has 0 spiro atoms. The lowest BCUT2D eigenvalue weighted by atomic mass is 9.75. The van der Waals surface area contributed by atoms with Crippen LogP contribution in [0.15, 0.2) is 47.7 Å². The number of aromatic nitrogens is 5. The molecule has 25 heavy (non-hydrogen) atoms. The summed E-state index contributed by atoms with van der Waals surface area (Å²) in [4.78, 5) is 12.6. The second-order valence-corrected chi connectivity index (χ2v) is 6.70. The second kappa shape index (κ2) is 5.33. The highest BCUT2D eigenvalue weighted by Crippen LogP contribution is 2.40. The van der Waals surface area contributed by atoms with Crippen LogP contribution in [0.1, 0.15) is 19.4 Å². The molecule has 0 aliphatic carbocycles. The Balaban J connectivity index is 2.03. The molecule has 4 rings (SSSR count). The highest BCUT2D eigenvalue weighted by molar-refractivity contribution is 5.75. The van der Waals surface area contributed by atoms with E-state index in [1.54, 1.807) is 17.1 Å². The van der Waals surface area contributed by atoms with Crippen LogP contribution in [-0.2, 0) is 5.66 Å². The minimum atomic E-state index is -1.16. The number of hydrogen-bond acceptors (Lipinski definition) is 7. The van der Waals surface area contributed by atoms with E-state index in [-0.39, 0.29) is 6.61 Å². The molecule has 1 aromatic carbocycles. The first-order chi connectivity index (χ1) is 12.0. The van der Waals surface area contributed by atoms with Crippen molar-refractivity contribution in [2.45, 2.75) is 19.5 Å². The lowest BCUT2D eigenvalue weighted by molar-refractivity contribution is 0.0454. The van der Waals surface area contributed by atoms with E-state index in [0.717, 1.165) is 10.9 Å². The minimum absolute atomic E-state index is 0.146. The fourth-order valence-corrected chi connectivity index (χ4v) is 3.05. The van der Waals surface area contributed by atoms with Crippen molar-refractivity contribution in [2.24, 2.45) is 11.1 Å². The van der Waals surface area contributed by atoms with Crippen LogP contribution in [-0.4, -0.2) is 36.4 Å². The predicted octanol–water partition coefficient (Wildman–Crippen LogP) is 1.65. The van der Waals surface area contributed by atoms with Gasteiger partial charge < -0.3 is 15.3 Å². The van der Waals surface area contributed by atoms with Crippen molar-refractivity contribution in [3.05, 3.63) is 48.9 Å². The molecule has 0 bridgehead atoms. The van der Waals surface area contributed by atoms with Crippen LogP contribution in [0.2, 0.25) is 0 Å². The van der Waals surface area contributed by atoms with Crippen molar-refractivity contribution >= 4 is 22.1 Å². The quantitative estimate of drug-likeness (QED) is 0.581. The zero-order valence-electron chi connectivity index (χ0n) is 13.9. The summed E-state index contributed by atoms with van der Waals surface area (Å²) >= 11 is 0. The van der Waals surface area contributed by atoms with Gasteiger partial charge >= 0.3 is 0 Å². The molecule has 128 valence electrons. The molecule has 8 heteroatoms. The number of oxazole rings is 1. The molecule has 4 aromatic rings. The van der Waals surface area contributed by atoms with Crippen LogP contribution >= 0.6 is 0 Å². The highest BCUT2D eigenvalue weighted by Gasteiger charge is 2.46. The lowest BCUT2D eigenvalue weighted by Crippen LogP contribution is -2.57. The molecule has 0 aliphatic rings. The van der Waals surface area contributed by atoms with Gasteiger partial charge in [-0.3, -0.25) is 0 Å². The summed E-state index contributed by atoms with van der Waals surface area (Å²) < 4.78 is 6.95. The zero-order chi connectivity index (χ0) is 17.7. The van der Waals surface area contributed by atoms with Crippen molar-refractivity contribution < 1.29 is 9.52 Å². The van der Waals surface area contributed by atoms with Crippen molar-refractivity contribution in [1.82, 2.24) is 24.7 Å². The van der Waals surface area contributed by atoms with E-state index in [1.807, 2.05) is 32.0 Å². The van der Waals surface area contributed by atoms with Gasteiger partial charge in [0, 0.05) is 11.6 Å². The molecular formula is C17H18N6O2. The minimum Gasteiger partial charge on any atom is -0.443 e. The van der Waals surface area contributed by atoms with Gasteiger partial charge in [0.15, 0.2) is 17.6 Å². The summed E-state index contributed by atoms with van der Waals surface area (Å²) in [6.45, 7) is 3.62. The van der Waals surface area contributed by atoms with Crippen LogP contribution in [0.5, 0.6) is 0 Å². The second-order valence-electron chi connectivity index (χ2n) is 6.70. The van der Waals surface area contributed by atoms with Gasteiger partial charge in [-0.05, 0) is 17.7 Å². The average molecular weight is 338 g/mol. The van der Waals surface area contributed by atoms with Crippen molar-refractivity contribution in [3.8, 4) is 0 Å². The van der Waals surface area contributed by atoms with E-state index in [9.17, 15) is 5.11 Å². The summed E-state index contributed by atoms with van der Waals surface area (Å²) in [5.41, 5.74) is 7.72. The molecule has 3 aromatic heterocycles. The molecule has 0 saturated carbocycles. The van der Waals surface area contributed by atoms with Crippen LogP contribution in [0, 0.1) is 5.41 Å². The highest BCUT2D eigenvalue weighted by atomic mass is 16.3. The van der Waals surface area contributed by atoms with Gasteiger partial charge in [-0.1, -0.05) is 19.9 Å². The molecule has 0 radical (unpaired) electrons. The van der Waals surface area contributed by atoms with Crippen molar-refractivity contribution in [2.75, 3.05) is 6.61 Å². The Morgan fingerprint density at radius 3 is 2.88 bits per heavy atom. The third-order valence-electron chi connectivity index (χ3n) is 4.76. The largest absolute Gasteiger partial charge is 0.443 e. The van der Waals surface area contributed by atoms with Gasteiger partial charge in [0.1, 0.15) is 17.5 Å². The van der Waals surface area contributed by atoms with Crippen molar-refractivity contribution in [1.29, 1.82) is 0 Å². The Hall–Kier alpha value is -2.84. The molecule has 0 saturated heterocycles. The van der Waals surface area contributed by atoms with Crippen LogP contribution in [0.25, 0.3) is 22.1 Å². The number of benzene rings is 1. The fourth-order valence-electron chi connectivity index (χ4n) is 3.05. The van der Waals surface area contributed by atoms with Gasteiger partial charge in [-0.2, -0.15) is 5.10 Å². The van der Waals surface area contributed by atoms with E-state index in [1.165, 1.54) is 12.7 Å². The van der Waals surface area contributed by atoms with E-state index < -0.39 is 11.1 Å². The topological polar surface area (TPSA) is 116 Å². The average Bonchev–Trinajstić information content (AvgIpc) is 3.27. The molecule has 1 atom stereocenters. The summed E-state index contributed by atoms with van der Waals surface area (Å²) in [5, 5.41) is 15.3. The molecule has 3 heterocycles. The predicted molar refractivity (Wildman–Crippen MR) is 91.5 cm³/mol. The Labute approximate surface area is 143 Å². The fraction of sp³-hybridized carbons (Fsp3) is 0.294. The van der Waals surface area contributed by atoms with Gasteiger partial charge in [-0.25, -0.2) is 19.6 Å². The number of aliphatic hydroxyl groups excluding tert-OH is 1. The van der Waals surface area contributed by atoms with E-state index in [4.69, 9.17) is 10.2 Å². The molecule has 3 N–H and O–H groups in total. The first-order valence-corrected chi connectivity index (χ1v) is 7.85. The normalized spacial score (nSPS) is 14.9. The maximum atomic E-state index is 10.0. The summed E-state index contributed by atoms with van der Waals surface area (Å²) in [6.07, 6.45) is 6.19. The third kappa shape index (κ3) is 2.15. The zero-order valence-corrected chi connectivity index (χ0v) is 13.9. The molecule has 0 fully saturated rings. The van der Waals surface area contributed by atoms with E-state index >= 15 is 0 Å². The van der Waals surface area contributed by atoms with Gasteiger partial charge in [-0.15, -0.1) is 0 Å². The number of rotatable bonds is 4. The Morgan fingerprint density at radius 1 is 1.24 bits per heavy atom. The Morgan fingerprint density at radius 2 is 2.08 bits per heavy atom. The molecule has 0 amide bonds. The van der Waals surface area contributed by atoms with E-state index in [0.29, 0.717) is 16.7 Å². The summed E-state index contributed by atoms with van der Waals surface area (Å²) in [6, 6.07) is 5.53. The van der Waals surface area contributed by atoms with Gasteiger partial charge in [0.2, 0.25) is 0 Å². The summed E-state index contributed by atoms with van der Waals surface area (Å²) in [7, 11) is 0. The number of aliphatic hydroxyl groups is 1. The van der Waals surface area contributed by atoms with Gasteiger partial charge in [0.25, 0.3) is 0 Å². The lowest BCUT2D eigenvalue weighted by Gasteiger charge is -2.43. The van der Waals surface area contributed by atoms with Crippen LogP contribution < -0.4 is 5.73 Å². The maximum absolute atomic E-state index is 10.0. The summed E-state index contributed by atoms with van der Waals surface area (Å²) in [5.74, 6) is 0. The molecule has 8 nitrogen and oxygen atoms in total. The van der Waals surface area contributed by atoms with E-state index in [2.05, 4.69) is 20.1 Å². The van der Waals surface area contributed by atoms with Gasteiger partial charge in [0.05, 0.1) is 18.2 Å². The van der Waals surface area contributed by atoms with Crippen molar-refractivity contribution in [3.63, 3.8) is 0 Å². The standard InChI is InChI=1S/C17H18N6O2/c1-16(2,8-24)17(18,12-3-4-14-13(5-12)21-10-25-14)23-15-11(7-22-23)6-19-9-20-15/h3-7,9-10,24H,8,18H2,1-2H3. The SMILES string of the molecule is CC(C)(CO)C(N)(c1ccc2ocnc2c1)n1ncc2cncnc21. The maximum Gasteiger partial charge on any atom is 0.181 e. The smallest absolute Gasteiger partial charge is 0.181 e. The Bertz CT molecular complexity index is 1050. The number of hydrogen-bond donors (Lipinski definition) is 2. The number of nitrogens with zero attached hydrogens (tertiary/aromatic N) is 5. The molecule has 1 unspecified atom stereocenters. The first kappa shape index (κ1) is 15.7. The Kier molecular flexibility index (Phi) is 3.34. The molecule has 0 aliphatic heterocycles. The third-order valence-corrected chi connectivity index (χ3v) is 4.76. The number of fused-ring (bicyclic) bond motifs is 2. The number of nitrogens with two attached hydrogens (primary N) is 1. The van der Waals surface area contributed by atoms with Crippen LogP contribution in [0.4, 0.5) is 0 Å². The molecular weight excluding hydrogens is 320 g/mol. The monoisotopic (exact) mass is 338 g/mol. The van der Waals surface area contributed by atoms with Crippen LogP contribution in [0.3, 0.4) is 0 Å². The first-order valence-electron chi connectivity index (χ1n) is 7.85.